The number of aliphatic imine (C=N–C) groups is 1. The highest BCUT2D eigenvalue weighted by Crippen LogP contribution is 2.37. The van der Waals surface area contributed by atoms with Crippen LogP contribution in [0.1, 0.15) is 24.2 Å². The normalized spacial score (nSPS) is 16.8. The molecule has 35 heavy (non-hydrogen) atoms. The van der Waals surface area contributed by atoms with E-state index in [9.17, 15) is 4.79 Å². The molecule has 2 aromatic carbocycles. The number of rotatable bonds is 7. The molecule has 0 saturated carbocycles. The Balaban J connectivity index is 1.48. The van der Waals surface area contributed by atoms with Gasteiger partial charge in [0, 0.05) is 17.7 Å². The molecule has 1 aliphatic rings. The molecule has 4 aromatic rings. The maximum absolute atomic E-state index is 13.6. The summed E-state index contributed by atoms with van der Waals surface area (Å²) in [5, 5.41) is 8.36. The van der Waals surface area contributed by atoms with Crippen LogP contribution in [0.5, 0.6) is 5.75 Å². The highest BCUT2D eigenvalue weighted by atomic mass is 32.2. The zero-order valence-electron chi connectivity index (χ0n) is 19.3. The van der Waals surface area contributed by atoms with Crippen LogP contribution < -0.4 is 10.1 Å². The van der Waals surface area contributed by atoms with Gasteiger partial charge in [-0.25, -0.2) is 9.67 Å². The minimum absolute atomic E-state index is 0.217. The van der Waals surface area contributed by atoms with E-state index in [-0.39, 0.29) is 5.91 Å². The number of nitrogens with one attached hydrogen (secondary N) is 1. The number of ether oxygens (including phenoxy) is 1. The first-order valence-corrected chi connectivity index (χ1v) is 12.2. The van der Waals surface area contributed by atoms with E-state index in [2.05, 4.69) is 32.4 Å². The quantitative estimate of drug-likeness (QED) is 0.374. The minimum atomic E-state index is -0.629. The average Bonchev–Trinajstić information content (AvgIpc) is 3.30. The Morgan fingerprint density at radius 3 is 2.60 bits per heavy atom. The number of thioether (sulfide) groups is 1. The third-order valence-corrected chi connectivity index (χ3v) is 6.66. The smallest absolute Gasteiger partial charge is 0.249 e. The van der Waals surface area contributed by atoms with E-state index in [0.29, 0.717) is 33.9 Å². The fraction of sp³-hybridized carbons (Fsp3) is 0.192. The summed E-state index contributed by atoms with van der Waals surface area (Å²) in [6.45, 7) is 1.84. The number of hydrogen-bond acceptors (Lipinski definition) is 7. The van der Waals surface area contributed by atoms with E-state index < -0.39 is 12.0 Å². The summed E-state index contributed by atoms with van der Waals surface area (Å²) >= 11 is 1.53. The highest BCUT2D eigenvalue weighted by Gasteiger charge is 2.40. The number of fused-ring (bicyclic) bond motifs is 1. The molecule has 9 heteroatoms. The molecule has 0 fully saturated rings. The van der Waals surface area contributed by atoms with Crippen molar-refractivity contribution in [2.45, 2.75) is 23.9 Å². The number of benzene rings is 2. The monoisotopic (exact) mass is 484 g/mol. The van der Waals surface area contributed by atoms with Crippen molar-refractivity contribution in [3.63, 3.8) is 0 Å². The molecule has 0 aliphatic carbocycles. The number of carbonyl (C=O) groups is 1. The minimum Gasteiger partial charge on any atom is -0.495 e. The molecule has 8 nitrogen and oxygen atoms in total. The van der Waals surface area contributed by atoms with Crippen LogP contribution in [-0.4, -0.2) is 38.5 Å². The summed E-state index contributed by atoms with van der Waals surface area (Å²) in [7, 11) is 1.57. The van der Waals surface area contributed by atoms with Gasteiger partial charge in [0.15, 0.2) is 0 Å². The van der Waals surface area contributed by atoms with Gasteiger partial charge in [-0.1, -0.05) is 60.3 Å². The first-order chi connectivity index (χ1) is 17.1. The summed E-state index contributed by atoms with van der Waals surface area (Å²) in [5.74, 6) is 0.942. The van der Waals surface area contributed by atoms with Crippen LogP contribution in [-0.2, 0) is 10.5 Å². The van der Waals surface area contributed by atoms with Crippen LogP contribution in [0.4, 0.5) is 11.6 Å². The maximum Gasteiger partial charge on any atom is 0.249 e. The Bertz CT molecular complexity index is 1360. The number of methoxy groups -OCH3 is 1. The lowest BCUT2D eigenvalue weighted by Gasteiger charge is -2.29. The predicted octanol–water partition coefficient (Wildman–Crippen LogP) is 4.92. The number of hydrogen-bond donors (Lipinski definition) is 1. The van der Waals surface area contributed by atoms with Gasteiger partial charge in [0.1, 0.15) is 17.7 Å². The molecule has 0 radical (unpaired) electrons. The van der Waals surface area contributed by atoms with E-state index >= 15 is 0 Å². The van der Waals surface area contributed by atoms with Crippen LogP contribution >= 0.6 is 11.8 Å². The van der Waals surface area contributed by atoms with Crippen LogP contribution in [0.15, 0.2) is 89.1 Å². The van der Waals surface area contributed by atoms with Gasteiger partial charge in [-0.3, -0.25) is 9.78 Å². The fourth-order valence-electron chi connectivity index (χ4n) is 4.08. The maximum atomic E-state index is 13.6. The molecular formula is C26H24N6O2S. The van der Waals surface area contributed by atoms with Gasteiger partial charge in [-0.15, -0.1) is 5.10 Å². The summed E-state index contributed by atoms with van der Waals surface area (Å²) in [5.41, 5.74) is 3.14. The molecule has 0 bridgehead atoms. The molecule has 2 aromatic heterocycles. The zero-order chi connectivity index (χ0) is 24.2. The number of para-hydroxylation sites is 2. The lowest BCUT2D eigenvalue weighted by molar-refractivity contribution is -0.118. The van der Waals surface area contributed by atoms with Crippen LogP contribution in [0.2, 0.25) is 0 Å². The molecule has 2 atom stereocenters. The van der Waals surface area contributed by atoms with Crippen LogP contribution in [0.25, 0.3) is 0 Å². The van der Waals surface area contributed by atoms with Gasteiger partial charge in [0.2, 0.25) is 17.0 Å². The van der Waals surface area contributed by atoms with E-state index in [1.807, 2.05) is 55.5 Å². The Hall–Kier alpha value is -3.98. The molecule has 1 N–H and O–H groups in total. The van der Waals surface area contributed by atoms with Crippen molar-refractivity contribution in [1.29, 1.82) is 0 Å². The number of nitrogens with zero attached hydrogens (tertiary/aromatic N) is 5. The summed E-state index contributed by atoms with van der Waals surface area (Å²) < 4.78 is 7.12. The summed E-state index contributed by atoms with van der Waals surface area (Å²) in [6.07, 6.45) is 1.72. The molecule has 1 aliphatic heterocycles. The molecule has 1 amide bonds. The Morgan fingerprint density at radius 1 is 1.06 bits per heavy atom. The van der Waals surface area contributed by atoms with Gasteiger partial charge < -0.3 is 10.1 Å². The zero-order valence-corrected chi connectivity index (χ0v) is 20.1. The van der Waals surface area contributed by atoms with Crippen molar-refractivity contribution in [2.24, 2.45) is 10.9 Å². The second kappa shape index (κ2) is 10.1. The standard InChI is InChI=1S/C26H24N6O2S/c1-17-22(24(33)29-19-12-6-7-14-21(19)34-2)23(20-13-8-9-15-27-20)32-25(28-17)30-26(31-32)35-16-18-10-4-3-5-11-18/h3-15,22-23H,16H2,1-2H3,(H,29,33). The van der Waals surface area contributed by atoms with Crippen molar-refractivity contribution in [3.8, 4) is 5.75 Å². The molecule has 0 saturated heterocycles. The van der Waals surface area contributed by atoms with E-state index in [0.717, 1.165) is 5.75 Å². The molecule has 0 spiro atoms. The van der Waals surface area contributed by atoms with Crippen molar-refractivity contribution in [3.05, 3.63) is 90.3 Å². The second-order valence-electron chi connectivity index (χ2n) is 8.03. The van der Waals surface area contributed by atoms with Crippen molar-refractivity contribution in [2.75, 3.05) is 12.4 Å². The first-order valence-electron chi connectivity index (χ1n) is 11.2. The predicted molar refractivity (Wildman–Crippen MR) is 136 cm³/mol. The number of aromatic nitrogens is 4. The molecule has 3 heterocycles. The third kappa shape index (κ3) is 4.81. The van der Waals surface area contributed by atoms with E-state index in [1.54, 1.807) is 30.1 Å². The molecule has 2 unspecified atom stereocenters. The van der Waals surface area contributed by atoms with Crippen LogP contribution in [0.3, 0.4) is 0 Å². The molecule has 5 rings (SSSR count). The number of carbonyl (C=O) groups excluding carboxylic acids is 1. The Morgan fingerprint density at radius 2 is 1.83 bits per heavy atom. The lowest BCUT2D eigenvalue weighted by Crippen LogP contribution is -2.39. The summed E-state index contributed by atoms with van der Waals surface area (Å²) in [4.78, 5) is 27.5. The number of pyridine rings is 1. The van der Waals surface area contributed by atoms with Crippen molar-refractivity contribution >= 4 is 35.0 Å². The molecular weight excluding hydrogens is 460 g/mol. The SMILES string of the molecule is COc1ccccc1NC(=O)C1C(C)=Nc2nc(SCc3ccccc3)nn2C1c1ccccn1. The van der Waals surface area contributed by atoms with Gasteiger partial charge in [0.25, 0.3) is 0 Å². The van der Waals surface area contributed by atoms with Crippen LogP contribution in [0, 0.1) is 5.92 Å². The van der Waals surface area contributed by atoms with Gasteiger partial charge in [-0.2, -0.15) is 4.98 Å². The second-order valence-corrected chi connectivity index (χ2v) is 8.98. The summed E-state index contributed by atoms with van der Waals surface area (Å²) in [6, 6.07) is 22.6. The largest absolute Gasteiger partial charge is 0.495 e. The van der Waals surface area contributed by atoms with Gasteiger partial charge in [0.05, 0.1) is 18.5 Å². The average molecular weight is 485 g/mol. The van der Waals surface area contributed by atoms with Gasteiger partial charge >= 0.3 is 0 Å². The van der Waals surface area contributed by atoms with Crippen molar-refractivity contribution < 1.29 is 9.53 Å². The Kier molecular flexibility index (Phi) is 6.58. The fourth-order valence-corrected chi connectivity index (χ4v) is 4.86. The topological polar surface area (TPSA) is 94.3 Å². The number of anilines is 1. The lowest BCUT2D eigenvalue weighted by atomic mass is 9.90. The van der Waals surface area contributed by atoms with E-state index in [1.165, 1.54) is 17.3 Å². The Labute approximate surface area is 207 Å². The van der Waals surface area contributed by atoms with Crippen molar-refractivity contribution in [1.82, 2.24) is 19.7 Å². The molecule has 176 valence electrons. The third-order valence-electron chi connectivity index (χ3n) is 5.75. The first kappa shape index (κ1) is 22.8. The highest BCUT2D eigenvalue weighted by molar-refractivity contribution is 7.98. The van der Waals surface area contributed by atoms with Gasteiger partial charge in [-0.05, 0) is 36.8 Å². The van der Waals surface area contributed by atoms with E-state index in [4.69, 9.17) is 9.84 Å². The number of amides is 1.